The van der Waals surface area contributed by atoms with Crippen LogP contribution in [0.2, 0.25) is 0 Å². The molecule has 10 heteroatoms. The topological polar surface area (TPSA) is 116 Å². The van der Waals surface area contributed by atoms with Crippen molar-refractivity contribution < 1.29 is 14.6 Å². The molecular weight excluding hydrogens is 550 g/mol. The summed E-state index contributed by atoms with van der Waals surface area (Å²) in [7, 11) is 1.59. The molecule has 4 aromatic rings. The fourth-order valence-corrected chi connectivity index (χ4v) is 5.59. The molecule has 2 aromatic carbocycles. The second kappa shape index (κ2) is 10.8. The van der Waals surface area contributed by atoms with Crippen LogP contribution < -0.4 is 20.5 Å². The van der Waals surface area contributed by atoms with Gasteiger partial charge in [-0.1, -0.05) is 6.07 Å². The maximum absolute atomic E-state index is 13.0. The molecule has 2 aromatic heterocycles. The van der Waals surface area contributed by atoms with Gasteiger partial charge < -0.3 is 34.8 Å². The van der Waals surface area contributed by atoms with Crippen LogP contribution in [-0.2, 0) is 4.74 Å². The van der Waals surface area contributed by atoms with Crippen LogP contribution in [0.3, 0.4) is 0 Å². The zero-order valence-electron chi connectivity index (χ0n) is 21.8. The summed E-state index contributed by atoms with van der Waals surface area (Å²) in [6.07, 6.45) is 1.08. The largest absolute Gasteiger partial charge is 0.496 e. The zero-order chi connectivity index (χ0) is 27.0. The number of aromatic nitrogens is 3. The lowest BCUT2D eigenvalue weighted by atomic mass is 10.1. The van der Waals surface area contributed by atoms with E-state index in [1.54, 1.807) is 25.4 Å². The molecule has 0 aliphatic carbocycles. The first kappa shape index (κ1) is 26.3. The van der Waals surface area contributed by atoms with Crippen LogP contribution in [-0.4, -0.2) is 59.0 Å². The summed E-state index contributed by atoms with van der Waals surface area (Å²) >= 11 is 3.46. The van der Waals surface area contributed by atoms with Crippen molar-refractivity contribution in [3.05, 3.63) is 68.5 Å². The number of aliphatic hydroxyl groups is 1. The Kier molecular flexibility index (Phi) is 7.47. The number of hydrogen-bond donors (Lipinski definition) is 4. The summed E-state index contributed by atoms with van der Waals surface area (Å²) in [4.78, 5) is 26.2. The van der Waals surface area contributed by atoms with Gasteiger partial charge in [-0.3, -0.25) is 4.79 Å². The Hall–Kier alpha value is -3.34. The van der Waals surface area contributed by atoms with Gasteiger partial charge in [-0.05, 0) is 78.2 Å². The number of fused-ring (bicyclic) bond motifs is 1. The Morgan fingerprint density at radius 1 is 1.24 bits per heavy atom. The van der Waals surface area contributed by atoms with Crippen LogP contribution in [0.25, 0.3) is 22.4 Å². The molecule has 3 atom stereocenters. The number of halogens is 1. The number of aliphatic hydroxyl groups excluding tert-OH is 1. The van der Waals surface area contributed by atoms with E-state index in [0.29, 0.717) is 22.8 Å². The summed E-state index contributed by atoms with van der Waals surface area (Å²) < 4.78 is 11.9. The molecule has 200 valence electrons. The Morgan fingerprint density at radius 3 is 2.71 bits per heavy atom. The van der Waals surface area contributed by atoms with Gasteiger partial charge in [0.1, 0.15) is 17.1 Å². The van der Waals surface area contributed by atoms with E-state index in [-0.39, 0.29) is 24.3 Å². The van der Waals surface area contributed by atoms with Gasteiger partial charge >= 0.3 is 0 Å². The third kappa shape index (κ3) is 5.29. The number of aryl methyl sites for hydroxylation is 1. The minimum Gasteiger partial charge on any atom is -0.496 e. The molecule has 9 nitrogen and oxygen atoms in total. The van der Waals surface area contributed by atoms with Crippen molar-refractivity contribution in [3.8, 4) is 17.1 Å². The van der Waals surface area contributed by atoms with E-state index in [0.717, 1.165) is 45.4 Å². The molecule has 0 amide bonds. The minimum absolute atomic E-state index is 0.151. The van der Waals surface area contributed by atoms with Crippen LogP contribution in [0.5, 0.6) is 5.75 Å². The number of nitrogens with one attached hydrogen (secondary N) is 3. The normalized spacial score (nSPS) is 18.5. The molecule has 4 N–H and O–H groups in total. The average molecular weight is 582 g/mol. The lowest BCUT2D eigenvalue weighted by Gasteiger charge is -2.37. The van der Waals surface area contributed by atoms with Gasteiger partial charge in [-0.25, -0.2) is 4.98 Å². The molecule has 38 heavy (non-hydrogen) atoms. The van der Waals surface area contributed by atoms with E-state index in [9.17, 15) is 9.90 Å². The number of anilines is 2. The molecule has 1 aliphatic heterocycles. The molecule has 0 bridgehead atoms. The van der Waals surface area contributed by atoms with Gasteiger partial charge in [-0.15, -0.1) is 0 Å². The molecule has 1 aliphatic rings. The van der Waals surface area contributed by atoms with Crippen LogP contribution in [0.1, 0.15) is 31.1 Å². The number of imidazole rings is 1. The number of rotatable bonds is 7. The maximum atomic E-state index is 13.0. The lowest BCUT2D eigenvalue weighted by molar-refractivity contribution is -0.00521. The fourth-order valence-electron chi connectivity index (χ4n) is 5.04. The number of morpholine rings is 1. The summed E-state index contributed by atoms with van der Waals surface area (Å²) in [5, 5.41) is 14.0. The van der Waals surface area contributed by atoms with Gasteiger partial charge in [0, 0.05) is 31.5 Å². The maximum Gasteiger partial charge on any atom is 0.261 e. The van der Waals surface area contributed by atoms with Gasteiger partial charge in [-0.2, -0.15) is 0 Å². The van der Waals surface area contributed by atoms with Gasteiger partial charge in [0.05, 0.1) is 46.6 Å². The molecule has 5 rings (SSSR count). The second-order valence-corrected chi connectivity index (χ2v) is 10.6. The number of pyridine rings is 1. The van der Waals surface area contributed by atoms with Crippen LogP contribution >= 0.6 is 15.9 Å². The van der Waals surface area contributed by atoms with E-state index in [1.165, 1.54) is 0 Å². The highest BCUT2D eigenvalue weighted by Gasteiger charge is 2.24. The highest BCUT2D eigenvalue weighted by atomic mass is 79.9. The number of nitrogens with zero attached hydrogens (tertiary/aromatic N) is 2. The Balaban J connectivity index is 1.43. The first-order valence-electron chi connectivity index (χ1n) is 12.6. The number of aromatic amines is 2. The summed E-state index contributed by atoms with van der Waals surface area (Å²) in [5.41, 5.74) is 5.21. The van der Waals surface area contributed by atoms with Crippen LogP contribution in [0, 0.1) is 6.92 Å². The van der Waals surface area contributed by atoms with Gasteiger partial charge in [0.2, 0.25) is 0 Å². The Bertz CT molecular complexity index is 1510. The van der Waals surface area contributed by atoms with Crippen molar-refractivity contribution in [1.82, 2.24) is 15.0 Å². The van der Waals surface area contributed by atoms with E-state index in [4.69, 9.17) is 14.5 Å². The third-order valence-corrected chi connectivity index (χ3v) is 7.41. The molecular formula is C28H32BrN5O4. The summed E-state index contributed by atoms with van der Waals surface area (Å²) in [5.74, 6) is 1.15. The number of methoxy groups -OCH3 is 1. The molecule has 3 heterocycles. The van der Waals surface area contributed by atoms with Crippen molar-refractivity contribution in [1.29, 1.82) is 0 Å². The highest BCUT2D eigenvalue weighted by Crippen LogP contribution is 2.31. The number of benzene rings is 2. The van der Waals surface area contributed by atoms with E-state index in [2.05, 4.69) is 62.1 Å². The number of hydrogen-bond acceptors (Lipinski definition) is 7. The first-order valence-corrected chi connectivity index (χ1v) is 13.4. The highest BCUT2D eigenvalue weighted by molar-refractivity contribution is 9.10. The SMILES string of the molecule is COc1ccc([C@H](O)CNc2cc[nH]c(=O)c2-c2nc3c(C)cc(N4C[C@@H](C)O[C@@H](C)C4)cc3[nH]2)cc1Br. The third-order valence-electron chi connectivity index (χ3n) is 6.79. The Labute approximate surface area is 229 Å². The molecule has 1 fully saturated rings. The second-order valence-electron chi connectivity index (χ2n) is 9.79. The number of H-pyrrole nitrogens is 2. The van der Waals surface area contributed by atoms with Crippen molar-refractivity contribution in [2.24, 2.45) is 0 Å². The Morgan fingerprint density at radius 2 is 2.00 bits per heavy atom. The quantitative estimate of drug-likeness (QED) is 0.249. The van der Waals surface area contributed by atoms with Crippen LogP contribution in [0.4, 0.5) is 11.4 Å². The predicted octanol–water partition coefficient (Wildman–Crippen LogP) is 4.76. The van der Waals surface area contributed by atoms with E-state index in [1.807, 2.05) is 19.1 Å². The fraction of sp³-hybridized carbons (Fsp3) is 0.357. The van der Waals surface area contributed by atoms with E-state index < -0.39 is 6.10 Å². The zero-order valence-corrected chi connectivity index (χ0v) is 23.4. The minimum atomic E-state index is -0.803. The summed E-state index contributed by atoms with van der Waals surface area (Å²) in [6, 6.07) is 11.4. The summed E-state index contributed by atoms with van der Waals surface area (Å²) in [6.45, 7) is 8.03. The van der Waals surface area contributed by atoms with Crippen LogP contribution in [0.15, 0.2) is 51.9 Å². The number of ether oxygens (including phenoxy) is 2. The van der Waals surface area contributed by atoms with Crippen molar-refractivity contribution in [3.63, 3.8) is 0 Å². The van der Waals surface area contributed by atoms with E-state index >= 15 is 0 Å². The van der Waals surface area contributed by atoms with Crippen molar-refractivity contribution in [2.75, 3.05) is 37.0 Å². The molecule has 0 unspecified atom stereocenters. The lowest BCUT2D eigenvalue weighted by Crippen LogP contribution is -2.45. The molecule has 1 saturated heterocycles. The molecule has 0 saturated carbocycles. The monoisotopic (exact) mass is 581 g/mol. The standard InChI is InChI=1S/C28H32BrN5O4/c1-15-9-19(34-13-16(2)38-17(3)14-34)11-22-26(15)33-27(32-22)25-21(7-8-30-28(25)36)31-12-23(35)18-5-6-24(37-4)20(29)10-18/h5-11,16-17,23,35H,12-14H2,1-4H3,(H,32,33)(H2,30,31,36)/t16-,17+,23-/m1/s1. The van der Waals surface area contributed by atoms with Gasteiger partial charge in [0.15, 0.2) is 0 Å². The van der Waals surface area contributed by atoms with Gasteiger partial charge in [0.25, 0.3) is 5.56 Å². The van der Waals surface area contributed by atoms with Crippen molar-refractivity contribution >= 4 is 38.3 Å². The average Bonchev–Trinajstić information content (AvgIpc) is 3.31. The molecule has 0 radical (unpaired) electrons. The predicted molar refractivity (Wildman–Crippen MR) is 153 cm³/mol. The molecule has 0 spiro atoms. The van der Waals surface area contributed by atoms with Crippen molar-refractivity contribution in [2.45, 2.75) is 39.1 Å². The smallest absolute Gasteiger partial charge is 0.261 e. The first-order chi connectivity index (χ1) is 18.2.